The molecule has 1 saturated heterocycles. The van der Waals surface area contributed by atoms with Crippen LogP contribution in [-0.2, 0) is 4.74 Å². The minimum Gasteiger partial charge on any atom is -0.465 e. The van der Waals surface area contributed by atoms with E-state index in [0.29, 0.717) is 5.69 Å². The van der Waals surface area contributed by atoms with Gasteiger partial charge >= 0.3 is 5.97 Å². The summed E-state index contributed by atoms with van der Waals surface area (Å²) in [6.07, 6.45) is 0. The number of esters is 1. The van der Waals surface area contributed by atoms with Crippen LogP contribution in [0.4, 0.5) is 17.1 Å². The molecule has 1 aliphatic rings. The summed E-state index contributed by atoms with van der Waals surface area (Å²) in [4.78, 5) is 27.0. The fourth-order valence-electron chi connectivity index (χ4n) is 3.22. The van der Waals surface area contributed by atoms with Crippen LogP contribution in [0, 0.1) is 17.0 Å². The van der Waals surface area contributed by atoms with Crippen molar-refractivity contribution >= 4 is 23.0 Å². The first-order valence-electron chi connectivity index (χ1n) is 8.43. The van der Waals surface area contributed by atoms with Crippen LogP contribution in [0.3, 0.4) is 0 Å². The SMILES string of the molecule is COC(=O)c1cc([N+](=O)[O-])ccc1N1CCN(c2cccc(C)c2)CC1. The molecule has 0 unspecified atom stereocenters. The minimum absolute atomic E-state index is 0.118. The van der Waals surface area contributed by atoms with Crippen molar-refractivity contribution in [1.82, 2.24) is 0 Å². The number of nitro groups is 1. The highest BCUT2D eigenvalue weighted by Crippen LogP contribution is 2.28. The standard InChI is InChI=1S/C19H21N3O4/c1-14-4-3-5-15(12-14)20-8-10-21(11-9-20)18-7-6-16(22(24)25)13-17(18)19(23)26-2/h3-7,12-13H,8-11H2,1-2H3. The normalized spacial score (nSPS) is 14.2. The summed E-state index contributed by atoms with van der Waals surface area (Å²) >= 11 is 0. The van der Waals surface area contributed by atoms with Gasteiger partial charge in [0.25, 0.3) is 5.69 Å². The highest BCUT2D eigenvalue weighted by atomic mass is 16.6. The summed E-state index contributed by atoms with van der Waals surface area (Å²) in [6.45, 7) is 5.12. The first kappa shape index (κ1) is 17.7. The summed E-state index contributed by atoms with van der Waals surface area (Å²) in [7, 11) is 1.28. The third-order valence-corrected chi connectivity index (χ3v) is 4.58. The molecule has 0 amide bonds. The van der Waals surface area contributed by atoms with Gasteiger partial charge in [0.1, 0.15) is 0 Å². The van der Waals surface area contributed by atoms with E-state index in [1.54, 1.807) is 6.07 Å². The number of hydrogen-bond donors (Lipinski definition) is 0. The maximum Gasteiger partial charge on any atom is 0.340 e. The molecule has 0 aliphatic carbocycles. The Hall–Kier alpha value is -3.09. The number of piperazine rings is 1. The molecular formula is C19H21N3O4. The zero-order chi connectivity index (χ0) is 18.7. The second-order valence-electron chi connectivity index (χ2n) is 6.26. The molecule has 2 aromatic rings. The number of rotatable bonds is 4. The summed E-state index contributed by atoms with van der Waals surface area (Å²) < 4.78 is 4.81. The molecule has 7 nitrogen and oxygen atoms in total. The topological polar surface area (TPSA) is 75.9 Å². The van der Waals surface area contributed by atoms with Crippen LogP contribution in [0.25, 0.3) is 0 Å². The van der Waals surface area contributed by atoms with Crippen LogP contribution < -0.4 is 9.80 Å². The number of aryl methyl sites for hydroxylation is 1. The van der Waals surface area contributed by atoms with Gasteiger partial charge in [-0.1, -0.05) is 12.1 Å². The average molecular weight is 355 g/mol. The Labute approximate surface area is 151 Å². The van der Waals surface area contributed by atoms with Crippen molar-refractivity contribution in [2.24, 2.45) is 0 Å². The van der Waals surface area contributed by atoms with Gasteiger partial charge in [0, 0.05) is 44.0 Å². The van der Waals surface area contributed by atoms with E-state index >= 15 is 0 Å². The minimum atomic E-state index is -0.565. The molecular weight excluding hydrogens is 334 g/mol. The van der Waals surface area contributed by atoms with Crippen molar-refractivity contribution in [3.63, 3.8) is 0 Å². The lowest BCUT2D eigenvalue weighted by Gasteiger charge is -2.38. The van der Waals surface area contributed by atoms with Crippen molar-refractivity contribution in [3.05, 3.63) is 63.7 Å². The molecule has 136 valence electrons. The van der Waals surface area contributed by atoms with Crippen LogP contribution in [0.2, 0.25) is 0 Å². The molecule has 1 aliphatic heterocycles. The Morgan fingerprint density at radius 3 is 2.38 bits per heavy atom. The van der Waals surface area contributed by atoms with E-state index in [0.717, 1.165) is 26.2 Å². The van der Waals surface area contributed by atoms with Crippen molar-refractivity contribution < 1.29 is 14.5 Å². The number of carbonyl (C=O) groups is 1. The van der Waals surface area contributed by atoms with E-state index in [2.05, 4.69) is 34.9 Å². The fraction of sp³-hybridized carbons (Fsp3) is 0.316. The van der Waals surface area contributed by atoms with Gasteiger partial charge in [0.05, 0.1) is 23.3 Å². The van der Waals surface area contributed by atoms with E-state index in [1.165, 1.54) is 30.5 Å². The molecule has 0 aromatic heterocycles. The van der Waals surface area contributed by atoms with Crippen LogP contribution in [0.15, 0.2) is 42.5 Å². The summed E-state index contributed by atoms with van der Waals surface area (Å²) in [5, 5.41) is 11.0. The fourth-order valence-corrected chi connectivity index (χ4v) is 3.22. The Morgan fingerprint density at radius 1 is 1.08 bits per heavy atom. The van der Waals surface area contributed by atoms with E-state index in [-0.39, 0.29) is 11.3 Å². The van der Waals surface area contributed by atoms with Crippen LogP contribution in [0.1, 0.15) is 15.9 Å². The number of nitro benzene ring substituents is 1. The van der Waals surface area contributed by atoms with Crippen molar-refractivity contribution in [2.75, 3.05) is 43.1 Å². The molecule has 26 heavy (non-hydrogen) atoms. The van der Waals surface area contributed by atoms with Gasteiger partial charge in [-0.3, -0.25) is 10.1 Å². The Morgan fingerprint density at radius 2 is 1.77 bits per heavy atom. The predicted molar refractivity (Wildman–Crippen MR) is 100 cm³/mol. The number of anilines is 2. The third-order valence-electron chi connectivity index (χ3n) is 4.58. The second kappa shape index (κ2) is 7.43. The smallest absolute Gasteiger partial charge is 0.340 e. The van der Waals surface area contributed by atoms with Crippen molar-refractivity contribution in [3.8, 4) is 0 Å². The summed E-state index contributed by atoms with van der Waals surface area (Å²) in [6, 6.07) is 12.7. The highest BCUT2D eigenvalue weighted by Gasteiger charge is 2.24. The van der Waals surface area contributed by atoms with Gasteiger partial charge in [0.15, 0.2) is 0 Å². The summed E-state index contributed by atoms with van der Waals surface area (Å²) in [5.74, 6) is -0.565. The van der Waals surface area contributed by atoms with Gasteiger partial charge in [-0.15, -0.1) is 0 Å². The predicted octanol–water partition coefficient (Wildman–Crippen LogP) is 3.02. The lowest BCUT2D eigenvalue weighted by atomic mass is 10.1. The number of methoxy groups -OCH3 is 1. The largest absolute Gasteiger partial charge is 0.465 e. The van der Waals surface area contributed by atoms with E-state index in [4.69, 9.17) is 4.74 Å². The quantitative estimate of drug-likeness (QED) is 0.477. The van der Waals surface area contributed by atoms with E-state index in [9.17, 15) is 14.9 Å². The number of carbonyl (C=O) groups excluding carboxylic acids is 1. The molecule has 2 aromatic carbocycles. The maximum absolute atomic E-state index is 12.1. The Balaban J connectivity index is 1.80. The van der Waals surface area contributed by atoms with Crippen molar-refractivity contribution in [2.45, 2.75) is 6.92 Å². The molecule has 0 spiro atoms. The molecule has 0 radical (unpaired) electrons. The van der Waals surface area contributed by atoms with Gasteiger partial charge in [0.2, 0.25) is 0 Å². The lowest BCUT2D eigenvalue weighted by molar-refractivity contribution is -0.384. The first-order valence-corrected chi connectivity index (χ1v) is 8.43. The lowest BCUT2D eigenvalue weighted by Crippen LogP contribution is -2.47. The third kappa shape index (κ3) is 3.61. The molecule has 0 bridgehead atoms. The number of benzene rings is 2. The van der Waals surface area contributed by atoms with Crippen LogP contribution in [-0.4, -0.2) is 44.2 Å². The van der Waals surface area contributed by atoms with E-state index < -0.39 is 10.9 Å². The van der Waals surface area contributed by atoms with Crippen LogP contribution in [0.5, 0.6) is 0 Å². The Kier molecular flexibility index (Phi) is 5.06. The number of hydrogen-bond acceptors (Lipinski definition) is 6. The number of ether oxygens (including phenoxy) is 1. The van der Waals surface area contributed by atoms with Gasteiger partial charge in [-0.2, -0.15) is 0 Å². The molecule has 1 fully saturated rings. The van der Waals surface area contributed by atoms with Crippen LogP contribution >= 0.6 is 0 Å². The summed E-state index contributed by atoms with van der Waals surface area (Å²) in [5.41, 5.74) is 3.18. The number of non-ortho nitro benzene ring substituents is 1. The highest BCUT2D eigenvalue weighted by molar-refractivity contribution is 5.96. The van der Waals surface area contributed by atoms with Gasteiger partial charge < -0.3 is 14.5 Å². The molecule has 7 heteroatoms. The van der Waals surface area contributed by atoms with Gasteiger partial charge in [-0.05, 0) is 30.7 Å². The molecule has 3 rings (SSSR count). The first-order chi connectivity index (χ1) is 12.5. The molecule has 0 N–H and O–H groups in total. The second-order valence-corrected chi connectivity index (χ2v) is 6.26. The molecule has 1 heterocycles. The Bertz CT molecular complexity index is 829. The van der Waals surface area contributed by atoms with E-state index in [1.807, 2.05) is 6.07 Å². The zero-order valence-electron chi connectivity index (χ0n) is 14.8. The average Bonchev–Trinajstić information content (AvgIpc) is 2.67. The molecule has 0 saturated carbocycles. The molecule has 0 atom stereocenters. The zero-order valence-corrected chi connectivity index (χ0v) is 14.8. The monoisotopic (exact) mass is 355 g/mol. The van der Waals surface area contributed by atoms with Crippen molar-refractivity contribution in [1.29, 1.82) is 0 Å². The maximum atomic E-state index is 12.1. The van der Waals surface area contributed by atoms with Gasteiger partial charge in [-0.25, -0.2) is 4.79 Å². The number of nitrogens with zero attached hydrogens (tertiary/aromatic N) is 3.